The van der Waals surface area contributed by atoms with Crippen molar-refractivity contribution in [1.29, 1.82) is 0 Å². The number of ether oxygens (including phenoxy) is 1. The molecule has 116 valence electrons. The second-order valence-corrected chi connectivity index (χ2v) is 7.59. The van der Waals surface area contributed by atoms with Crippen molar-refractivity contribution in [2.75, 3.05) is 7.11 Å². The Morgan fingerprint density at radius 3 is 2.14 bits per heavy atom. The summed E-state index contributed by atoms with van der Waals surface area (Å²) in [4.78, 5) is 24.0. The Labute approximate surface area is 126 Å². The van der Waals surface area contributed by atoms with Crippen LogP contribution < -0.4 is 5.32 Å². The average molecular weight is 291 g/mol. The predicted octanol–water partition coefficient (Wildman–Crippen LogP) is 2.13. The molecule has 2 bridgehead atoms. The van der Waals surface area contributed by atoms with Crippen molar-refractivity contribution >= 4 is 11.9 Å². The Morgan fingerprint density at radius 1 is 0.952 bits per heavy atom. The van der Waals surface area contributed by atoms with Crippen molar-refractivity contribution in [3.05, 3.63) is 0 Å². The zero-order chi connectivity index (χ0) is 14.6. The van der Waals surface area contributed by atoms with Gasteiger partial charge in [-0.05, 0) is 68.6 Å². The Balaban J connectivity index is 1.27. The highest BCUT2D eigenvalue weighted by Gasteiger charge is 2.67. The SMILES string of the molecule is COC(=O)C1CCC(NC(=O)C2C3C4CCC(C4)C23)CC1. The summed E-state index contributed by atoms with van der Waals surface area (Å²) < 4.78 is 4.81. The molecule has 0 heterocycles. The maximum absolute atomic E-state index is 12.5. The van der Waals surface area contributed by atoms with Gasteiger partial charge in [-0.15, -0.1) is 0 Å². The molecule has 4 fully saturated rings. The van der Waals surface area contributed by atoms with E-state index in [0.717, 1.165) is 49.4 Å². The first-order chi connectivity index (χ1) is 10.2. The first-order valence-corrected chi connectivity index (χ1v) is 8.57. The van der Waals surface area contributed by atoms with Crippen LogP contribution in [0, 0.1) is 35.5 Å². The average Bonchev–Trinajstić information content (AvgIpc) is 2.96. The second kappa shape index (κ2) is 4.99. The van der Waals surface area contributed by atoms with Gasteiger partial charge < -0.3 is 10.1 Å². The highest BCUT2D eigenvalue weighted by Crippen LogP contribution is 2.69. The van der Waals surface area contributed by atoms with Crippen LogP contribution in [0.2, 0.25) is 0 Å². The molecule has 4 rings (SSSR count). The molecule has 0 saturated heterocycles. The lowest BCUT2D eigenvalue weighted by atomic mass is 9.86. The standard InChI is InChI=1S/C17H25NO3/c1-21-17(20)9-4-6-12(7-5-9)18-16(19)15-13-10-2-3-11(8-10)14(13)15/h9-15H,2-8H2,1H3,(H,18,19). The van der Waals surface area contributed by atoms with Crippen molar-refractivity contribution in [3.8, 4) is 0 Å². The largest absolute Gasteiger partial charge is 0.469 e. The highest BCUT2D eigenvalue weighted by molar-refractivity contribution is 5.83. The predicted molar refractivity (Wildman–Crippen MR) is 77.2 cm³/mol. The van der Waals surface area contributed by atoms with Gasteiger partial charge in [0.1, 0.15) is 0 Å². The number of hydrogen-bond acceptors (Lipinski definition) is 3. The van der Waals surface area contributed by atoms with E-state index in [1.807, 2.05) is 0 Å². The summed E-state index contributed by atoms with van der Waals surface area (Å²) in [5.41, 5.74) is 0. The van der Waals surface area contributed by atoms with Crippen LogP contribution in [0.3, 0.4) is 0 Å². The third-order valence-corrected chi connectivity index (χ3v) is 6.65. The van der Waals surface area contributed by atoms with Crippen molar-refractivity contribution in [2.24, 2.45) is 35.5 Å². The number of fused-ring (bicyclic) bond motifs is 5. The molecule has 4 nitrogen and oxygen atoms in total. The number of carbonyl (C=O) groups is 2. The van der Waals surface area contributed by atoms with Crippen LogP contribution in [0.25, 0.3) is 0 Å². The minimum Gasteiger partial charge on any atom is -0.469 e. The number of esters is 1. The first kappa shape index (κ1) is 13.6. The van der Waals surface area contributed by atoms with E-state index in [0.29, 0.717) is 11.8 Å². The molecule has 4 saturated carbocycles. The summed E-state index contributed by atoms with van der Waals surface area (Å²) in [6.45, 7) is 0. The zero-order valence-corrected chi connectivity index (χ0v) is 12.7. The molecule has 1 N–H and O–H groups in total. The smallest absolute Gasteiger partial charge is 0.308 e. The van der Waals surface area contributed by atoms with Crippen LogP contribution in [-0.4, -0.2) is 25.0 Å². The van der Waals surface area contributed by atoms with Crippen LogP contribution in [0.15, 0.2) is 0 Å². The fraction of sp³-hybridized carbons (Fsp3) is 0.882. The van der Waals surface area contributed by atoms with Gasteiger partial charge >= 0.3 is 5.97 Å². The maximum Gasteiger partial charge on any atom is 0.308 e. The summed E-state index contributed by atoms with van der Waals surface area (Å²) in [6.07, 6.45) is 7.64. The number of carbonyl (C=O) groups excluding carboxylic acids is 2. The van der Waals surface area contributed by atoms with E-state index >= 15 is 0 Å². The molecular weight excluding hydrogens is 266 g/mol. The lowest BCUT2D eigenvalue weighted by Crippen LogP contribution is -2.40. The fourth-order valence-electron chi connectivity index (χ4n) is 5.61. The van der Waals surface area contributed by atoms with Gasteiger partial charge in [0.05, 0.1) is 13.0 Å². The number of amides is 1. The number of nitrogens with one attached hydrogen (secondary N) is 1. The molecular formula is C17H25NO3. The topological polar surface area (TPSA) is 55.4 Å². The van der Waals surface area contributed by atoms with Gasteiger partial charge in [-0.25, -0.2) is 0 Å². The van der Waals surface area contributed by atoms with Crippen LogP contribution in [0.1, 0.15) is 44.9 Å². The summed E-state index contributed by atoms with van der Waals surface area (Å²) in [7, 11) is 1.45. The molecule has 0 aromatic heterocycles. The normalized spacial score (nSPS) is 46.8. The minimum atomic E-state index is -0.0897. The van der Waals surface area contributed by atoms with Crippen LogP contribution in [0.5, 0.6) is 0 Å². The van der Waals surface area contributed by atoms with Crippen LogP contribution in [-0.2, 0) is 14.3 Å². The number of rotatable bonds is 3. The van der Waals surface area contributed by atoms with Crippen LogP contribution >= 0.6 is 0 Å². The molecule has 1 amide bonds. The molecule has 4 atom stereocenters. The van der Waals surface area contributed by atoms with Gasteiger partial charge in [0.25, 0.3) is 0 Å². The lowest BCUT2D eigenvalue weighted by molar-refractivity contribution is -0.146. The molecule has 0 aromatic rings. The van der Waals surface area contributed by atoms with Gasteiger partial charge in [0.15, 0.2) is 0 Å². The van der Waals surface area contributed by atoms with Crippen molar-refractivity contribution in [1.82, 2.24) is 5.32 Å². The third-order valence-electron chi connectivity index (χ3n) is 6.65. The van der Waals surface area contributed by atoms with Crippen molar-refractivity contribution in [2.45, 2.75) is 51.0 Å². The van der Waals surface area contributed by atoms with Gasteiger partial charge in [0, 0.05) is 12.0 Å². The van der Waals surface area contributed by atoms with Crippen LogP contribution in [0.4, 0.5) is 0 Å². The summed E-state index contributed by atoms with van der Waals surface area (Å²) in [5, 5.41) is 3.26. The van der Waals surface area contributed by atoms with E-state index in [4.69, 9.17) is 4.74 Å². The van der Waals surface area contributed by atoms with Crippen molar-refractivity contribution < 1.29 is 14.3 Å². The summed E-state index contributed by atoms with van der Waals surface area (Å²) >= 11 is 0. The van der Waals surface area contributed by atoms with Gasteiger partial charge in [0.2, 0.25) is 5.91 Å². The first-order valence-electron chi connectivity index (χ1n) is 8.57. The fourth-order valence-corrected chi connectivity index (χ4v) is 5.61. The van der Waals surface area contributed by atoms with Gasteiger partial charge in [-0.3, -0.25) is 9.59 Å². The summed E-state index contributed by atoms with van der Waals surface area (Å²) in [5.74, 6) is 3.73. The van der Waals surface area contributed by atoms with Crippen molar-refractivity contribution in [3.63, 3.8) is 0 Å². The molecule has 0 radical (unpaired) electrons. The molecule has 0 spiro atoms. The zero-order valence-electron chi connectivity index (χ0n) is 12.7. The van der Waals surface area contributed by atoms with E-state index < -0.39 is 0 Å². The number of hydrogen-bond donors (Lipinski definition) is 1. The summed E-state index contributed by atoms with van der Waals surface area (Å²) in [6, 6.07) is 0.275. The molecule has 21 heavy (non-hydrogen) atoms. The Hall–Kier alpha value is -1.06. The Kier molecular flexibility index (Phi) is 3.23. The molecule has 4 aliphatic rings. The maximum atomic E-state index is 12.5. The highest BCUT2D eigenvalue weighted by atomic mass is 16.5. The van der Waals surface area contributed by atoms with Gasteiger partial charge in [-0.1, -0.05) is 0 Å². The molecule has 0 aliphatic heterocycles. The number of methoxy groups -OCH3 is 1. The van der Waals surface area contributed by atoms with E-state index in [1.54, 1.807) is 0 Å². The quantitative estimate of drug-likeness (QED) is 0.810. The molecule has 4 aliphatic carbocycles. The minimum absolute atomic E-state index is 0.0410. The molecule has 0 aromatic carbocycles. The molecule has 4 heteroatoms. The lowest BCUT2D eigenvalue weighted by Gasteiger charge is -2.28. The van der Waals surface area contributed by atoms with E-state index in [-0.39, 0.29) is 17.9 Å². The van der Waals surface area contributed by atoms with E-state index in [2.05, 4.69) is 5.32 Å². The van der Waals surface area contributed by atoms with E-state index in [1.165, 1.54) is 26.4 Å². The van der Waals surface area contributed by atoms with E-state index in [9.17, 15) is 9.59 Å². The molecule has 4 unspecified atom stereocenters. The van der Waals surface area contributed by atoms with Gasteiger partial charge in [-0.2, -0.15) is 0 Å². The third kappa shape index (κ3) is 2.18. The Morgan fingerprint density at radius 2 is 1.57 bits per heavy atom. The second-order valence-electron chi connectivity index (χ2n) is 7.59. The Bertz CT molecular complexity index is 439. The monoisotopic (exact) mass is 291 g/mol.